The number of rotatable bonds is 12. The van der Waals surface area contributed by atoms with E-state index in [9.17, 15) is 37.5 Å². The van der Waals surface area contributed by atoms with Crippen LogP contribution in [-0.2, 0) is 15.7 Å². The summed E-state index contributed by atoms with van der Waals surface area (Å²) in [5.41, 5.74) is 6.43. The number of likely N-dealkylation sites (tertiary alicyclic amines) is 3. The number of aliphatic hydroxyl groups is 1. The van der Waals surface area contributed by atoms with Crippen LogP contribution in [0.5, 0.6) is 5.75 Å². The monoisotopic (exact) mass is 803 g/mol. The molecular weight excluding hydrogens is 758 g/mol. The van der Waals surface area contributed by atoms with E-state index in [-0.39, 0.29) is 29.2 Å². The van der Waals surface area contributed by atoms with E-state index in [1.54, 1.807) is 31.2 Å². The molecule has 16 heteroatoms. The molecule has 4 aliphatic heterocycles. The van der Waals surface area contributed by atoms with Crippen molar-refractivity contribution in [2.75, 3.05) is 52.5 Å². The summed E-state index contributed by atoms with van der Waals surface area (Å²) in [6.07, 6.45) is -4.40. The molecule has 0 bridgehead atoms. The molecule has 4 heterocycles. The van der Waals surface area contributed by atoms with Crippen molar-refractivity contribution in [1.29, 1.82) is 5.26 Å². The number of likely N-dealkylation sites (N-methyl/N-ethyl adjacent to an activating group) is 1. The molecule has 1 spiro atoms. The van der Waals surface area contributed by atoms with Gasteiger partial charge in [0.05, 0.1) is 42.8 Å². The molecular formula is C42H45F4N7O5. The van der Waals surface area contributed by atoms with Crippen LogP contribution < -0.4 is 15.8 Å². The maximum Gasteiger partial charge on any atom is 0.416 e. The number of hydrogen-bond acceptors (Lipinski definition) is 10. The SMILES string of the molecule is CCN1C(=O)[C@@H](NC(=O)c2cccc(C(F)(F)F)c2)[C@@H](c2ccc(F)cc2)/C(=C(/N)C(O)N2CCC[C@H]2C#N)C1=Nc1cccc(OCCCN2CC3(COC3)C2)c1. The number of alkyl halides is 3. The summed E-state index contributed by atoms with van der Waals surface area (Å²) in [6.45, 7) is 7.00. The summed E-state index contributed by atoms with van der Waals surface area (Å²) in [7, 11) is 0. The molecule has 0 aliphatic carbocycles. The summed E-state index contributed by atoms with van der Waals surface area (Å²) in [5, 5.41) is 24.4. The standard InChI is InChI=1S/C42H45F4N7O5/c1-2-52-37(49-30-9-4-11-32(20-30)58-18-6-16-51-22-41(23-51)24-57-25-41)34(35(48)39(55)53-17-5-10-31(53)21-47)33(26-12-14-29(43)15-13-26)36(40(52)56)50-38(54)27-7-3-8-28(19-27)42(44,45)46/h3-4,7-9,11-15,19-20,31,33,36,39,55H,2,5-6,10,16-18,22-25,48H2,1H3,(H,50,54)/b35-34-,49-37?/t31-,33-,36-,39?/m0/s1. The van der Waals surface area contributed by atoms with Gasteiger partial charge >= 0.3 is 6.18 Å². The first-order valence-corrected chi connectivity index (χ1v) is 19.3. The van der Waals surface area contributed by atoms with Crippen molar-refractivity contribution in [2.24, 2.45) is 16.1 Å². The third-order valence-electron chi connectivity index (χ3n) is 11.2. The fourth-order valence-electron chi connectivity index (χ4n) is 8.25. The van der Waals surface area contributed by atoms with Gasteiger partial charge in [-0.15, -0.1) is 0 Å². The highest BCUT2D eigenvalue weighted by Crippen LogP contribution is 2.40. The van der Waals surface area contributed by atoms with Crippen LogP contribution in [0, 0.1) is 22.6 Å². The maximum atomic E-state index is 14.6. The second kappa shape index (κ2) is 16.9. The predicted octanol–water partition coefficient (Wildman–Crippen LogP) is 4.94. The molecule has 306 valence electrons. The fraction of sp³-hybridized carbons (Fsp3) is 0.429. The molecule has 3 aromatic rings. The van der Waals surface area contributed by atoms with Crippen molar-refractivity contribution in [2.45, 2.75) is 56.6 Å². The van der Waals surface area contributed by atoms with E-state index >= 15 is 0 Å². The molecule has 4 fully saturated rings. The van der Waals surface area contributed by atoms with E-state index in [4.69, 9.17) is 20.2 Å². The van der Waals surface area contributed by atoms with Crippen LogP contribution in [0.3, 0.4) is 0 Å². The van der Waals surface area contributed by atoms with Crippen molar-refractivity contribution >= 4 is 23.3 Å². The Morgan fingerprint density at radius 1 is 1.14 bits per heavy atom. The van der Waals surface area contributed by atoms with Gasteiger partial charge in [-0.25, -0.2) is 9.38 Å². The first-order valence-electron chi connectivity index (χ1n) is 19.3. The second-order valence-corrected chi connectivity index (χ2v) is 15.2. The van der Waals surface area contributed by atoms with Gasteiger partial charge in [0.25, 0.3) is 11.8 Å². The number of nitrogens with zero attached hydrogens (tertiary/aromatic N) is 5. The summed E-state index contributed by atoms with van der Waals surface area (Å²) >= 11 is 0. The number of amidine groups is 1. The fourth-order valence-corrected chi connectivity index (χ4v) is 8.25. The van der Waals surface area contributed by atoms with Gasteiger partial charge in [0.1, 0.15) is 35.7 Å². The Labute approximate surface area is 333 Å². The van der Waals surface area contributed by atoms with Crippen molar-refractivity contribution in [3.63, 3.8) is 0 Å². The van der Waals surface area contributed by atoms with Crippen LogP contribution in [0.25, 0.3) is 0 Å². The minimum Gasteiger partial charge on any atom is -0.493 e. The van der Waals surface area contributed by atoms with Gasteiger partial charge in [0, 0.05) is 61.3 Å². The molecule has 4 N–H and O–H groups in total. The summed E-state index contributed by atoms with van der Waals surface area (Å²) in [6, 6.07) is 15.8. The van der Waals surface area contributed by atoms with Crippen molar-refractivity contribution in [3.05, 3.63) is 107 Å². The van der Waals surface area contributed by atoms with Crippen LogP contribution >= 0.6 is 0 Å². The number of benzene rings is 3. The van der Waals surface area contributed by atoms with E-state index in [0.29, 0.717) is 54.5 Å². The normalized spacial score (nSPS) is 24.2. The number of nitrogens with one attached hydrogen (secondary N) is 1. The quantitative estimate of drug-likeness (QED) is 0.171. The number of halogens is 4. The number of carbonyl (C=O) groups is 2. The number of hydrogen-bond donors (Lipinski definition) is 3. The molecule has 7 rings (SSSR count). The van der Waals surface area contributed by atoms with Crippen LogP contribution in [0.15, 0.2) is 89.1 Å². The maximum absolute atomic E-state index is 14.6. The lowest BCUT2D eigenvalue weighted by molar-refractivity contribution is -0.189. The highest BCUT2D eigenvalue weighted by molar-refractivity contribution is 6.16. The third kappa shape index (κ3) is 8.44. The highest BCUT2D eigenvalue weighted by atomic mass is 19.4. The number of aliphatic imine (C=N–C) groups is 1. The number of amides is 2. The van der Waals surface area contributed by atoms with Gasteiger partial charge in [-0.2, -0.15) is 18.4 Å². The zero-order chi connectivity index (χ0) is 41.2. The molecule has 0 saturated carbocycles. The molecule has 0 radical (unpaired) electrons. The molecule has 4 aliphatic rings. The molecule has 4 saturated heterocycles. The number of carbonyl (C=O) groups excluding carboxylic acids is 2. The van der Waals surface area contributed by atoms with Crippen molar-refractivity contribution < 1.29 is 41.7 Å². The lowest BCUT2D eigenvalue weighted by Crippen LogP contribution is -2.65. The molecule has 12 nitrogen and oxygen atoms in total. The van der Waals surface area contributed by atoms with E-state index in [1.807, 2.05) is 0 Å². The van der Waals surface area contributed by atoms with Gasteiger partial charge in [-0.1, -0.05) is 24.3 Å². The second-order valence-electron chi connectivity index (χ2n) is 15.2. The van der Waals surface area contributed by atoms with Crippen LogP contribution in [-0.4, -0.2) is 108 Å². The lowest BCUT2D eigenvalue weighted by Gasteiger charge is -2.55. The van der Waals surface area contributed by atoms with Crippen LogP contribution in [0.2, 0.25) is 0 Å². The topological polar surface area (TPSA) is 157 Å². The molecule has 2 amide bonds. The minimum absolute atomic E-state index is 0.00124. The van der Waals surface area contributed by atoms with E-state index in [0.717, 1.165) is 63.5 Å². The average molecular weight is 804 g/mol. The molecule has 4 atom stereocenters. The summed E-state index contributed by atoms with van der Waals surface area (Å²) in [4.78, 5) is 38.5. The Kier molecular flexibility index (Phi) is 11.9. The summed E-state index contributed by atoms with van der Waals surface area (Å²) in [5.74, 6) is -2.93. The lowest BCUT2D eigenvalue weighted by atomic mass is 9.78. The average Bonchev–Trinajstić information content (AvgIpc) is 3.66. The van der Waals surface area contributed by atoms with Gasteiger partial charge in [0.2, 0.25) is 0 Å². The van der Waals surface area contributed by atoms with Crippen LogP contribution in [0.4, 0.5) is 23.2 Å². The van der Waals surface area contributed by atoms with Crippen molar-refractivity contribution in [3.8, 4) is 11.8 Å². The van der Waals surface area contributed by atoms with E-state index < -0.39 is 53.6 Å². The Morgan fingerprint density at radius 3 is 2.55 bits per heavy atom. The van der Waals surface area contributed by atoms with Crippen LogP contribution in [0.1, 0.15) is 53.6 Å². The van der Waals surface area contributed by atoms with Crippen molar-refractivity contribution in [1.82, 2.24) is 20.0 Å². The summed E-state index contributed by atoms with van der Waals surface area (Å²) < 4.78 is 66.8. The number of piperidine rings is 1. The number of nitrogens with two attached hydrogens (primary N) is 1. The first-order chi connectivity index (χ1) is 27.8. The van der Waals surface area contributed by atoms with Gasteiger partial charge < -0.3 is 30.5 Å². The molecule has 1 unspecified atom stereocenters. The molecule has 0 aromatic heterocycles. The van der Waals surface area contributed by atoms with E-state index in [2.05, 4.69) is 16.3 Å². The van der Waals surface area contributed by atoms with E-state index in [1.165, 1.54) is 28.0 Å². The number of nitriles is 1. The predicted molar refractivity (Wildman–Crippen MR) is 205 cm³/mol. The van der Waals surface area contributed by atoms with Gasteiger partial charge in [0.15, 0.2) is 0 Å². The van der Waals surface area contributed by atoms with Gasteiger partial charge in [-0.05, 0) is 74.2 Å². The zero-order valence-corrected chi connectivity index (χ0v) is 31.9. The highest BCUT2D eigenvalue weighted by Gasteiger charge is 2.49. The van der Waals surface area contributed by atoms with Gasteiger partial charge in [-0.3, -0.25) is 19.4 Å². The Morgan fingerprint density at radius 2 is 1.88 bits per heavy atom. The molecule has 3 aromatic carbocycles. The number of aliphatic hydroxyl groups excluding tert-OH is 1. The third-order valence-corrected chi connectivity index (χ3v) is 11.2. The Balaban J connectivity index is 1.27. The molecule has 58 heavy (non-hydrogen) atoms. The Bertz CT molecular complexity index is 2110. The zero-order valence-electron chi connectivity index (χ0n) is 31.9. The smallest absolute Gasteiger partial charge is 0.416 e. The first kappa shape index (κ1) is 40.8. The number of ether oxygens (including phenoxy) is 2. The minimum atomic E-state index is -4.74. The Hall–Kier alpha value is -5.34. The largest absolute Gasteiger partial charge is 0.493 e.